The molecular formula is C17H19N3O2S. The van der Waals surface area contributed by atoms with Crippen LogP contribution in [-0.4, -0.2) is 28.7 Å². The van der Waals surface area contributed by atoms with Crippen molar-refractivity contribution in [2.24, 2.45) is 0 Å². The molecule has 0 aliphatic carbocycles. The first-order chi connectivity index (χ1) is 11.0. The molecule has 0 saturated heterocycles. The van der Waals surface area contributed by atoms with Crippen LogP contribution in [0.5, 0.6) is 0 Å². The van der Waals surface area contributed by atoms with E-state index in [0.717, 1.165) is 28.2 Å². The molecule has 3 rings (SSSR count). The highest BCUT2D eigenvalue weighted by molar-refractivity contribution is 7.11. The number of nitrogens with zero attached hydrogens (tertiary/aromatic N) is 2. The minimum atomic E-state index is 0.0103. The Kier molecular flexibility index (Phi) is 4.43. The molecule has 0 fully saturated rings. The Hall–Kier alpha value is -2.21. The third kappa shape index (κ3) is 3.59. The molecule has 0 unspecified atom stereocenters. The van der Waals surface area contributed by atoms with Gasteiger partial charge in [0.2, 0.25) is 11.8 Å². The summed E-state index contributed by atoms with van der Waals surface area (Å²) in [4.78, 5) is 31.0. The maximum absolute atomic E-state index is 12.4. The summed E-state index contributed by atoms with van der Waals surface area (Å²) in [6, 6.07) is 5.73. The van der Waals surface area contributed by atoms with Crippen LogP contribution in [0, 0.1) is 0 Å². The second-order valence-electron chi connectivity index (χ2n) is 5.72. The van der Waals surface area contributed by atoms with Crippen molar-refractivity contribution in [2.75, 3.05) is 12.4 Å². The number of benzene rings is 1. The van der Waals surface area contributed by atoms with Crippen molar-refractivity contribution in [1.82, 2.24) is 9.88 Å². The van der Waals surface area contributed by atoms with Gasteiger partial charge in [0.25, 0.3) is 0 Å². The monoisotopic (exact) mass is 329 g/mol. The number of carbonyl (C=O) groups is 2. The van der Waals surface area contributed by atoms with Crippen molar-refractivity contribution in [3.05, 3.63) is 45.4 Å². The fourth-order valence-corrected chi connectivity index (χ4v) is 3.47. The third-order valence-corrected chi connectivity index (χ3v) is 5.03. The molecule has 2 amide bonds. The number of aryl methyl sites for hydroxylation is 1. The Balaban J connectivity index is 1.62. The first kappa shape index (κ1) is 15.7. The molecule has 5 nitrogen and oxygen atoms in total. The van der Waals surface area contributed by atoms with Gasteiger partial charge in [0.1, 0.15) is 5.01 Å². The fourth-order valence-electron chi connectivity index (χ4n) is 2.56. The van der Waals surface area contributed by atoms with Gasteiger partial charge in [0.05, 0.1) is 19.4 Å². The summed E-state index contributed by atoms with van der Waals surface area (Å²) in [6.07, 6.45) is 3.59. The van der Waals surface area contributed by atoms with Crippen LogP contribution in [-0.2, 0) is 35.4 Å². The lowest BCUT2D eigenvalue weighted by molar-refractivity contribution is -0.129. The van der Waals surface area contributed by atoms with Crippen LogP contribution in [0.15, 0.2) is 24.4 Å². The standard InChI is InChI=1S/C17H19N3O2S/c1-3-13-9-18-16(23-13)10-20(2)17(22)7-11-4-5-12-8-15(21)19-14(12)6-11/h4-6,9H,3,7-8,10H2,1-2H3,(H,19,21). The number of carbonyl (C=O) groups excluding carboxylic acids is 2. The van der Waals surface area contributed by atoms with Crippen molar-refractivity contribution in [1.29, 1.82) is 0 Å². The van der Waals surface area contributed by atoms with Crippen molar-refractivity contribution in [2.45, 2.75) is 32.7 Å². The van der Waals surface area contributed by atoms with Gasteiger partial charge in [-0.1, -0.05) is 19.1 Å². The van der Waals surface area contributed by atoms with E-state index in [1.54, 1.807) is 23.3 Å². The summed E-state index contributed by atoms with van der Waals surface area (Å²) in [5.41, 5.74) is 2.74. The number of hydrogen-bond donors (Lipinski definition) is 1. The first-order valence-corrected chi connectivity index (χ1v) is 8.46. The van der Waals surface area contributed by atoms with Crippen LogP contribution >= 0.6 is 11.3 Å². The highest BCUT2D eigenvalue weighted by atomic mass is 32.1. The molecular weight excluding hydrogens is 310 g/mol. The predicted molar refractivity (Wildman–Crippen MR) is 90.4 cm³/mol. The lowest BCUT2D eigenvalue weighted by Gasteiger charge is -2.16. The van der Waals surface area contributed by atoms with Gasteiger partial charge in [0, 0.05) is 23.8 Å². The van der Waals surface area contributed by atoms with E-state index in [4.69, 9.17) is 0 Å². The van der Waals surface area contributed by atoms with Gasteiger partial charge in [-0.3, -0.25) is 9.59 Å². The number of likely N-dealkylation sites (N-methyl/N-ethyl adjacent to an activating group) is 1. The van der Waals surface area contributed by atoms with Crippen LogP contribution in [0.4, 0.5) is 5.69 Å². The number of aromatic nitrogens is 1. The number of fused-ring (bicyclic) bond motifs is 1. The van der Waals surface area contributed by atoms with Gasteiger partial charge in [-0.25, -0.2) is 4.98 Å². The molecule has 0 saturated carbocycles. The van der Waals surface area contributed by atoms with Crippen LogP contribution in [0.2, 0.25) is 0 Å². The van der Waals surface area contributed by atoms with Gasteiger partial charge < -0.3 is 10.2 Å². The second-order valence-corrected chi connectivity index (χ2v) is 6.92. The predicted octanol–water partition coefficient (Wildman–Crippen LogP) is 2.40. The summed E-state index contributed by atoms with van der Waals surface area (Å²) >= 11 is 1.65. The van der Waals surface area contributed by atoms with Crippen LogP contribution in [0.3, 0.4) is 0 Å². The summed E-state index contributed by atoms with van der Waals surface area (Å²) in [7, 11) is 1.80. The Bertz CT molecular complexity index is 754. The molecule has 0 atom stereocenters. The van der Waals surface area contributed by atoms with Crippen molar-refractivity contribution < 1.29 is 9.59 Å². The van der Waals surface area contributed by atoms with Gasteiger partial charge in [-0.2, -0.15) is 0 Å². The zero-order valence-electron chi connectivity index (χ0n) is 13.3. The van der Waals surface area contributed by atoms with E-state index >= 15 is 0 Å². The highest BCUT2D eigenvalue weighted by Gasteiger charge is 2.19. The average Bonchev–Trinajstić information content (AvgIpc) is 3.11. The van der Waals surface area contributed by atoms with Crippen LogP contribution in [0.25, 0.3) is 0 Å². The van der Waals surface area contributed by atoms with E-state index < -0.39 is 0 Å². The number of thiazole rings is 1. The quantitative estimate of drug-likeness (QED) is 0.916. The Morgan fingerprint density at radius 3 is 3.00 bits per heavy atom. The molecule has 23 heavy (non-hydrogen) atoms. The average molecular weight is 329 g/mol. The highest BCUT2D eigenvalue weighted by Crippen LogP contribution is 2.24. The summed E-state index contributed by atoms with van der Waals surface area (Å²) in [5, 5.41) is 3.77. The molecule has 1 aliphatic heterocycles. The molecule has 1 aliphatic rings. The number of hydrogen-bond acceptors (Lipinski definition) is 4. The van der Waals surface area contributed by atoms with Crippen molar-refractivity contribution >= 4 is 28.8 Å². The van der Waals surface area contributed by atoms with Gasteiger partial charge in [0.15, 0.2) is 0 Å². The molecule has 1 aromatic carbocycles. The lowest BCUT2D eigenvalue weighted by atomic mass is 10.1. The van der Waals surface area contributed by atoms with Crippen molar-refractivity contribution in [3.63, 3.8) is 0 Å². The lowest BCUT2D eigenvalue weighted by Crippen LogP contribution is -2.27. The van der Waals surface area contributed by atoms with Crippen LogP contribution < -0.4 is 5.32 Å². The second kappa shape index (κ2) is 6.50. The third-order valence-electron chi connectivity index (χ3n) is 3.90. The molecule has 6 heteroatoms. The van der Waals surface area contributed by atoms with E-state index in [9.17, 15) is 9.59 Å². The largest absolute Gasteiger partial charge is 0.339 e. The van der Waals surface area contributed by atoms with E-state index in [1.807, 2.05) is 24.4 Å². The Morgan fingerprint density at radius 1 is 1.43 bits per heavy atom. The van der Waals surface area contributed by atoms with E-state index in [1.165, 1.54) is 4.88 Å². The minimum Gasteiger partial charge on any atom is -0.339 e. The van der Waals surface area contributed by atoms with Crippen molar-refractivity contribution in [3.8, 4) is 0 Å². The topological polar surface area (TPSA) is 62.3 Å². The molecule has 1 N–H and O–H groups in total. The van der Waals surface area contributed by atoms with E-state index in [-0.39, 0.29) is 11.8 Å². The van der Waals surface area contributed by atoms with Gasteiger partial charge in [-0.05, 0) is 23.6 Å². The van der Waals surface area contributed by atoms with E-state index in [2.05, 4.69) is 17.2 Å². The number of amides is 2. The number of rotatable bonds is 5. The molecule has 120 valence electrons. The van der Waals surface area contributed by atoms with E-state index in [0.29, 0.717) is 19.4 Å². The fraction of sp³-hybridized carbons (Fsp3) is 0.353. The molecule has 0 spiro atoms. The molecule has 2 heterocycles. The summed E-state index contributed by atoms with van der Waals surface area (Å²) < 4.78 is 0. The molecule has 0 radical (unpaired) electrons. The zero-order valence-corrected chi connectivity index (χ0v) is 14.1. The Labute approximate surface area is 139 Å². The summed E-state index contributed by atoms with van der Waals surface area (Å²) in [6.45, 7) is 2.63. The SMILES string of the molecule is CCc1cnc(CN(C)C(=O)Cc2ccc3c(c2)NC(=O)C3)s1. The minimum absolute atomic E-state index is 0.0103. The molecule has 2 aromatic rings. The normalized spacial score (nSPS) is 12.9. The zero-order chi connectivity index (χ0) is 16.4. The number of anilines is 1. The first-order valence-electron chi connectivity index (χ1n) is 7.64. The van der Waals surface area contributed by atoms with Gasteiger partial charge in [-0.15, -0.1) is 11.3 Å². The Morgan fingerprint density at radius 2 is 2.26 bits per heavy atom. The smallest absolute Gasteiger partial charge is 0.228 e. The van der Waals surface area contributed by atoms with Gasteiger partial charge >= 0.3 is 0 Å². The molecule has 0 bridgehead atoms. The van der Waals surface area contributed by atoms with Crippen LogP contribution in [0.1, 0.15) is 27.9 Å². The maximum Gasteiger partial charge on any atom is 0.228 e. The number of nitrogens with one attached hydrogen (secondary N) is 1. The molecule has 1 aromatic heterocycles. The summed E-state index contributed by atoms with van der Waals surface area (Å²) in [5.74, 6) is 0.0543. The maximum atomic E-state index is 12.4.